The highest BCUT2D eigenvalue weighted by atomic mass is 32.1. The smallest absolute Gasteiger partial charge is 0.352 e. The Labute approximate surface area is 125 Å². The maximum Gasteiger partial charge on any atom is 0.352 e. The molecule has 0 aliphatic heterocycles. The summed E-state index contributed by atoms with van der Waals surface area (Å²) in [5.74, 6) is 0.163. The number of hydrogen-bond acceptors (Lipinski definition) is 6. The van der Waals surface area contributed by atoms with Crippen molar-refractivity contribution in [1.29, 1.82) is 0 Å². The molecule has 1 fully saturated rings. The molecule has 0 bridgehead atoms. The molecule has 0 saturated heterocycles. The Hall–Kier alpha value is -1.96. The molecule has 0 spiro atoms. The molecule has 2 aromatic rings. The predicted molar refractivity (Wildman–Crippen MR) is 76.9 cm³/mol. The van der Waals surface area contributed by atoms with Crippen molar-refractivity contribution in [1.82, 2.24) is 19.3 Å². The fourth-order valence-corrected chi connectivity index (χ4v) is 2.93. The molecule has 8 heteroatoms. The Morgan fingerprint density at radius 1 is 1.52 bits per heavy atom. The van der Waals surface area contributed by atoms with Gasteiger partial charge in [-0.25, -0.2) is 23.8 Å². The van der Waals surface area contributed by atoms with Crippen LogP contribution in [0.3, 0.4) is 0 Å². The van der Waals surface area contributed by atoms with E-state index in [1.165, 1.54) is 15.6 Å². The predicted octanol–water partition coefficient (Wildman–Crippen LogP) is 1.39. The number of aryl methyl sites for hydroxylation is 1. The second kappa shape index (κ2) is 5.44. The van der Waals surface area contributed by atoms with Crippen LogP contribution in [-0.4, -0.2) is 31.9 Å². The summed E-state index contributed by atoms with van der Waals surface area (Å²) in [5.41, 5.74) is 0.348. The van der Waals surface area contributed by atoms with Gasteiger partial charge in [0, 0.05) is 6.54 Å². The molecule has 0 aromatic carbocycles. The zero-order chi connectivity index (χ0) is 15.0. The average molecular weight is 308 g/mol. The molecule has 3 rings (SSSR count). The van der Waals surface area contributed by atoms with Crippen molar-refractivity contribution in [2.75, 3.05) is 6.61 Å². The molecular weight excluding hydrogens is 292 g/mol. The fraction of sp³-hybridized carbons (Fsp3) is 0.538. The Morgan fingerprint density at radius 3 is 2.95 bits per heavy atom. The highest BCUT2D eigenvalue weighted by Crippen LogP contribution is 2.29. The van der Waals surface area contributed by atoms with Crippen LogP contribution in [0.2, 0.25) is 0 Å². The van der Waals surface area contributed by atoms with Gasteiger partial charge in [-0.15, -0.1) is 0 Å². The summed E-state index contributed by atoms with van der Waals surface area (Å²) in [5, 5.41) is 4.56. The van der Waals surface area contributed by atoms with Crippen molar-refractivity contribution >= 4 is 17.3 Å². The Balaban J connectivity index is 1.90. The van der Waals surface area contributed by atoms with Crippen molar-refractivity contribution in [3.8, 4) is 5.13 Å². The summed E-state index contributed by atoms with van der Waals surface area (Å²) in [6, 6.07) is 0. The second-order valence-electron chi connectivity index (χ2n) is 5.04. The second-order valence-corrected chi connectivity index (χ2v) is 6.02. The molecule has 1 aliphatic rings. The molecule has 0 radical (unpaired) electrons. The van der Waals surface area contributed by atoms with Crippen molar-refractivity contribution < 1.29 is 9.53 Å². The van der Waals surface area contributed by atoms with E-state index < -0.39 is 5.97 Å². The lowest BCUT2D eigenvalue weighted by atomic mass is 10.4. The fourth-order valence-electron chi connectivity index (χ4n) is 2.01. The minimum Gasteiger partial charge on any atom is -0.462 e. The van der Waals surface area contributed by atoms with Gasteiger partial charge in [0.05, 0.1) is 12.3 Å². The zero-order valence-electron chi connectivity index (χ0n) is 11.9. The topological polar surface area (TPSA) is 79.0 Å². The van der Waals surface area contributed by atoms with Crippen molar-refractivity contribution in [3.63, 3.8) is 0 Å². The van der Waals surface area contributed by atoms with Gasteiger partial charge in [-0.1, -0.05) is 11.3 Å². The first-order valence-electron chi connectivity index (χ1n) is 6.89. The van der Waals surface area contributed by atoms with Crippen LogP contribution in [-0.2, 0) is 11.3 Å². The third kappa shape index (κ3) is 2.76. The Kier molecular flexibility index (Phi) is 3.62. The van der Waals surface area contributed by atoms with Crippen LogP contribution in [0.4, 0.5) is 0 Å². The van der Waals surface area contributed by atoms with E-state index in [9.17, 15) is 9.59 Å². The third-order valence-corrected chi connectivity index (χ3v) is 4.45. The molecule has 2 heterocycles. The van der Waals surface area contributed by atoms with Crippen LogP contribution in [0.1, 0.15) is 35.1 Å². The van der Waals surface area contributed by atoms with Crippen LogP contribution in [0.25, 0.3) is 5.13 Å². The minimum absolute atomic E-state index is 0.217. The zero-order valence-corrected chi connectivity index (χ0v) is 12.7. The SMILES string of the molecule is CCOC(=O)c1sc(-n2cnn(CC3CC3)c2=O)nc1C. The molecule has 21 heavy (non-hydrogen) atoms. The minimum atomic E-state index is -0.405. The molecule has 7 nitrogen and oxygen atoms in total. The van der Waals surface area contributed by atoms with Gasteiger partial charge in [-0.3, -0.25) is 0 Å². The first kappa shape index (κ1) is 14.0. The third-order valence-electron chi connectivity index (χ3n) is 3.31. The summed E-state index contributed by atoms with van der Waals surface area (Å²) >= 11 is 1.15. The molecular formula is C13H16N4O3S. The quantitative estimate of drug-likeness (QED) is 0.780. The monoisotopic (exact) mass is 308 g/mol. The van der Waals surface area contributed by atoms with Gasteiger partial charge in [0.25, 0.3) is 0 Å². The standard InChI is InChI=1S/C13H16N4O3S/c1-3-20-11(18)10-8(2)15-12(21-10)16-7-14-17(13(16)19)6-9-4-5-9/h7,9H,3-6H2,1-2H3. The van der Waals surface area contributed by atoms with Gasteiger partial charge >= 0.3 is 11.7 Å². The van der Waals surface area contributed by atoms with Gasteiger partial charge in [-0.05, 0) is 32.6 Å². The molecule has 0 atom stereocenters. The van der Waals surface area contributed by atoms with Crippen molar-refractivity contribution in [2.45, 2.75) is 33.2 Å². The molecule has 1 saturated carbocycles. The molecule has 112 valence electrons. The van der Waals surface area contributed by atoms with Gasteiger partial charge < -0.3 is 4.74 Å². The van der Waals surface area contributed by atoms with Crippen LogP contribution in [0.5, 0.6) is 0 Å². The number of esters is 1. The average Bonchev–Trinajstić information content (AvgIpc) is 3.08. The van der Waals surface area contributed by atoms with Crippen LogP contribution in [0.15, 0.2) is 11.1 Å². The number of nitrogens with zero attached hydrogens (tertiary/aromatic N) is 4. The van der Waals surface area contributed by atoms with E-state index in [0.717, 1.165) is 24.2 Å². The maximum absolute atomic E-state index is 12.3. The van der Waals surface area contributed by atoms with Gasteiger partial charge in [0.1, 0.15) is 11.2 Å². The normalized spacial score (nSPS) is 14.4. The number of aromatic nitrogens is 4. The Bertz CT molecular complexity index is 726. The summed E-state index contributed by atoms with van der Waals surface area (Å²) < 4.78 is 7.81. The number of carbonyl (C=O) groups excluding carboxylic acids is 1. The molecule has 0 unspecified atom stereocenters. The number of thiazole rings is 1. The van der Waals surface area contributed by atoms with Crippen LogP contribution < -0.4 is 5.69 Å². The van der Waals surface area contributed by atoms with E-state index in [-0.39, 0.29) is 5.69 Å². The lowest BCUT2D eigenvalue weighted by Crippen LogP contribution is -2.24. The molecule has 0 N–H and O–H groups in total. The summed E-state index contributed by atoms with van der Waals surface area (Å²) in [6.45, 7) is 4.44. The maximum atomic E-state index is 12.3. The van der Waals surface area contributed by atoms with Crippen LogP contribution in [0, 0.1) is 12.8 Å². The largest absolute Gasteiger partial charge is 0.462 e. The number of carbonyl (C=O) groups is 1. The van der Waals surface area contributed by atoms with E-state index in [4.69, 9.17) is 4.74 Å². The van der Waals surface area contributed by atoms with Gasteiger partial charge in [0.2, 0.25) is 0 Å². The molecule has 1 aliphatic carbocycles. The number of ether oxygens (including phenoxy) is 1. The molecule has 2 aromatic heterocycles. The number of hydrogen-bond donors (Lipinski definition) is 0. The van der Waals surface area contributed by atoms with Crippen LogP contribution >= 0.6 is 11.3 Å². The first-order valence-corrected chi connectivity index (χ1v) is 7.71. The van der Waals surface area contributed by atoms with E-state index in [1.807, 2.05) is 0 Å². The number of rotatable bonds is 5. The highest BCUT2D eigenvalue weighted by Gasteiger charge is 2.24. The van der Waals surface area contributed by atoms with Gasteiger partial charge in [-0.2, -0.15) is 5.10 Å². The van der Waals surface area contributed by atoms with Crippen molar-refractivity contribution in [3.05, 3.63) is 27.4 Å². The van der Waals surface area contributed by atoms with E-state index in [0.29, 0.717) is 34.8 Å². The van der Waals surface area contributed by atoms with E-state index >= 15 is 0 Å². The Morgan fingerprint density at radius 2 is 2.29 bits per heavy atom. The summed E-state index contributed by atoms with van der Waals surface area (Å²) in [4.78, 5) is 28.8. The summed E-state index contributed by atoms with van der Waals surface area (Å²) in [6.07, 6.45) is 3.77. The lowest BCUT2D eigenvalue weighted by Gasteiger charge is -1.97. The summed E-state index contributed by atoms with van der Waals surface area (Å²) in [7, 11) is 0. The first-order chi connectivity index (χ1) is 10.1. The lowest BCUT2D eigenvalue weighted by molar-refractivity contribution is 0.0531. The van der Waals surface area contributed by atoms with Crippen molar-refractivity contribution in [2.24, 2.45) is 5.92 Å². The van der Waals surface area contributed by atoms with E-state index in [2.05, 4.69) is 10.1 Å². The molecule has 0 amide bonds. The van der Waals surface area contributed by atoms with Gasteiger partial charge in [0.15, 0.2) is 5.13 Å². The van der Waals surface area contributed by atoms with E-state index in [1.54, 1.807) is 13.8 Å². The highest BCUT2D eigenvalue weighted by molar-refractivity contribution is 7.16.